The summed E-state index contributed by atoms with van der Waals surface area (Å²) in [6.07, 6.45) is 55.4. The Hall–Kier alpha value is -1.94. The fraction of sp³-hybridized carbons (Fsp3) is 0.949. The summed E-state index contributed by atoms with van der Waals surface area (Å²) in [7, 11) is -9.92. The zero-order valence-electron chi connectivity index (χ0n) is 63.5. The van der Waals surface area contributed by atoms with Gasteiger partial charge in [-0.1, -0.05) is 350 Å². The predicted octanol–water partition coefficient (Wildman–Crippen LogP) is 23.0. The van der Waals surface area contributed by atoms with E-state index >= 15 is 0 Å². The van der Waals surface area contributed by atoms with E-state index in [0.29, 0.717) is 25.7 Å². The summed E-state index contributed by atoms with van der Waals surface area (Å²) in [6, 6.07) is 0. The average Bonchev–Trinajstić information content (AvgIpc) is 1.07. The molecule has 19 heteroatoms. The van der Waals surface area contributed by atoms with Crippen molar-refractivity contribution in [3.8, 4) is 0 Å². The highest BCUT2D eigenvalue weighted by Crippen LogP contribution is 2.45. The van der Waals surface area contributed by atoms with E-state index < -0.39 is 97.5 Å². The summed E-state index contributed by atoms with van der Waals surface area (Å²) in [4.78, 5) is 72.9. The smallest absolute Gasteiger partial charge is 0.462 e. The monoisotopic (exact) mass is 1420 g/mol. The lowest BCUT2D eigenvalue weighted by molar-refractivity contribution is -0.161. The molecule has 17 nitrogen and oxygen atoms in total. The van der Waals surface area contributed by atoms with Crippen molar-refractivity contribution in [2.24, 2.45) is 17.8 Å². The van der Waals surface area contributed by atoms with E-state index in [2.05, 4.69) is 48.5 Å². The second kappa shape index (κ2) is 68.5. The predicted molar refractivity (Wildman–Crippen MR) is 395 cm³/mol. The van der Waals surface area contributed by atoms with Crippen LogP contribution in [0.15, 0.2) is 0 Å². The molecule has 576 valence electrons. The van der Waals surface area contributed by atoms with Crippen LogP contribution in [0.3, 0.4) is 0 Å². The van der Waals surface area contributed by atoms with Gasteiger partial charge >= 0.3 is 39.5 Å². The van der Waals surface area contributed by atoms with Gasteiger partial charge in [0, 0.05) is 25.7 Å². The van der Waals surface area contributed by atoms with E-state index in [1.54, 1.807) is 0 Å². The zero-order valence-corrected chi connectivity index (χ0v) is 65.3. The van der Waals surface area contributed by atoms with Gasteiger partial charge < -0.3 is 33.8 Å². The summed E-state index contributed by atoms with van der Waals surface area (Å²) >= 11 is 0. The summed E-state index contributed by atoms with van der Waals surface area (Å²) in [6.45, 7) is 11.9. The van der Waals surface area contributed by atoms with Crippen LogP contribution in [-0.4, -0.2) is 96.7 Å². The molecular weight excluding hydrogens is 1270 g/mol. The molecule has 0 aromatic carbocycles. The second-order valence-electron chi connectivity index (χ2n) is 29.5. The molecule has 0 aliphatic carbocycles. The van der Waals surface area contributed by atoms with Crippen LogP contribution in [-0.2, 0) is 65.4 Å². The number of phosphoric ester groups is 2. The van der Waals surface area contributed by atoms with Crippen LogP contribution < -0.4 is 0 Å². The third-order valence-electron chi connectivity index (χ3n) is 18.1. The molecule has 2 unspecified atom stereocenters. The van der Waals surface area contributed by atoms with Gasteiger partial charge in [-0.05, 0) is 43.4 Å². The highest BCUT2D eigenvalue weighted by Gasteiger charge is 2.30. The molecule has 0 aromatic heterocycles. The molecule has 0 radical (unpaired) electrons. The van der Waals surface area contributed by atoms with Gasteiger partial charge in [-0.2, -0.15) is 0 Å². The maximum atomic E-state index is 13.1. The van der Waals surface area contributed by atoms with Crippen molar-refractivity contribution in [1.29, 1.82) is 0 Å². The van der Waals surface area contributed by atoms with Gasteiger partial charge in [-0.15, -0.1) is 0 Å². The summed E-state index contributed by atoms with van der Waals surface area (Å²) in [5, 5.41) is 10.6. The molecule has 0 amide bonds. The minimum Gasteiger partial charge on any atom is -0.462 e. The highest BCUT2D eigenvalue weighted by molar-refractivity contribution is 7.47. The molecule has 0 aliphatic heterocycles. The molecule has 0 fully saturated rings. The number of carbonyl (C=O) groups is 4. The molecule has 0 saturated heterocycles. The van der Waals surface area contributed by atoms with Crippen LogP contribution in [0.1, 0.15) is 402 Å². The Kier molecular flexibility index (Phi) is 67.1. The molecule has 0 aromatic rings. The fourth-order valence-electron chi connectivity index (χ4n) is 12.0. The van der Waals surface area contributed by atoms with Crippen LogP contribution in [0.5, 0.6) is 0 Å². The minimum absolute atomic E-state index is 0.107. The van der Waals surface area contributed by atoms with Crippen molar-refractivity contribution in [2.45, 2.75) is 420 Å². The van der Waals surface area contributed by atoms with E-state index in [1.807, 2.05) is 0 Å². The van der Waals surface area contributed by atoms with E-state index in [4.69, 9.17) is 37.0 Å². The molecule has 0 rings (SSSR count). The first-order valence-corrected chi connectivity index (χ1v) is 43.3. The van der Waals surface area contributed by atoms with Crippen molar-refractivity contribution < 1.29 is 80.2 Å². The molecule has 0 spiro atoms. The minimum atomic E-state index is -4.96. The van der Waals surface area contributed by atoms with E-state index in [0.717, 1.165) is 108 Å². The number of ether oxygens (including phenoxy) is 4. The number of aliphatic hydroxyl groups is 1. The van der Waals surface area contributed by atoms with Crippen LogP contribution in [0.25, 0.3) is 0 Å². The fourth-order valence-corrected chi connectivity index (χ4v) is 13.5. The molecule has 0 aliphatic rings. The van der Waals surface area contributed by atoms with Crippen molar-refractivity contribution in [1.82, 2.24) is 0 Å². The number of esters is 4. The van der Waals surface area contributed by atoms with Gasteiger partial charge in [0.25, 0.3) is 0 Å². The van der Waals surface area contributed by atoms with Crippen molar-refractivity contribution in [3.63, 3.8) is 0 Å². The Morgan fingerprint density at radius 1 is 0.278 bits per heavy atom. The van der Waals surface area contributed by atoms with Gasteiger partial charge in [0.1, 0.15) is 19.3 Å². The number of rotatable bonds is 76. The number of aliphatic hydroxyl groups excluding tert-OH is 1. The van der Waals surface area contributed by atoms with E-state index in [1.165, 1.54) is 212 Å². The molecule has 0 saturated carbocycles. The molecule has 0 heterocycles. The first kappa shape index (κ1) is 95.1. The van der Waals surface area contributed by atoms with Crippen molar-refractivity contribution in [3.05, 3.63) is 0 Å². The number of phosphoric acid groups is 2. The summed E-state index contributed by atoms with van der Waals surface area (Å²) in [5.74, 6) is 0.191. The van der Waals surface area contributed by atoms with Gasteiger partial charge in [-0.25, -0.2) is 9.13 Å². The molecular formula is C78H152O17P2. The summed E-state index contributed by atoms with van der Waals surface area (Å²) < 4.78 is 68.6. The topological polar surface area (TPSA) is 237 Å². The Labute approximate surface area is 594 Å². The van der Waals surface area contributed by atoms with Gasteiger partial charge in [0.15, 0.2) is 12.2 Å². The second-order valence-corrected chi connectivity index (χ2v) is 32.4. The lowest BCUT2D eigenvalue weighted by atomic mass is 10.0. The molecule has 0 bridgehead atoms. The molecule has 5 atom stereocenters. The largest absolute Gasteiger partial charge is 0.472 e. The number of unbranched alkanes of at least 4 members (excludes halogenated alkanes) is 44. The van der Waals surface area contributed by atoms with Crippen molar-refractivity contribution >= 4 is 39.5 Å². The van der Waals surface area contributed by atoms with Crippen molar-refractivity contribution in [2.75, 3.05) is 39.6 Å². The number of carbonyl (C=O) groups excluding carboxylic acids is 4. The quantitative estimate of drug-likeness (QED) is 0.0222. The lowest BCUT2D eigenvalue weighted by Crippen LogP contribution is -2.30. The summed E-state index contributed by atoms with van der Waals surface area (Å²) in [5.41, 5.74) is 0. The van der Waals surface area contributed by atoms with Crippen LogP contribution >= 0.6 is 15.6 Å². The van der Waals surface area contributed by atoms with Crippen LogP contribution in [0.4, 0.5) is 0 Å². The maximum absolute atomic E-state index is 13.1. The zero-order chi connectivity index (χ0) is 71.6. The number of hydrogen-bond donors (Lipinski definition) is 3. The standard InChI is InChI=1S/C78H152O17P2/c1-8-9-10-11-12-13-14-15-20-26-31-40-47-54-61-77(82)95-74(66-89-76(81)60-53-46-39-34-33-37-44-51-58-71(6)7)68-93-97(86,87)91-64-72(79)63-90-96(84,85)92-67-73(94-78(83)62-55-48-41-32-27-22-17-19-24-29-36-43-50-57-70(4)5)65-88-75(80)59-52-45-38-30-25-21-16-18-23-28-35-42-49-56-69(2)3/h69-74,79H,8-68H2,1-7H3,(H,84,85)(H,86,87)/t72-,73-,74-/m1/s1. The normalized spacial score (nSPS) is 14.0. The number of hydrogen-bond acceptors (Lipinski definition) is 15. The van der Waals surface area contributed by atoms with Crippen LogP contribution in [0, 0.1) is 17.8 Å². The average molecular weight is 1420 g/mol. The Balaban J connectivity index is 5.26. The first-order valence-electron chi connectivity index (χ1n) is 40.3. The van der Waals surface area contributed by atoms with Gasteiger partial charge in [0.2, 0.25) is 0 Å². The highest BCUT2D eigenvalue weighted by atomic mass is 31.2. The van der Waals surface area contributed by atoms with E-state index in [9.17, 15) is 43.2 Å². The molecule has 3 N–H and O–H groups in total. The molecule has 97 heavy (non-hydrogen) atoms. The Morgan fingerprint density at radius 2 is 0.474 bits per heavy atom. The van der Waals surface area contributed by atoms with Crippen LogP contribution in [0.2, 0.25) is 0 Å². The van der Waals surface area contributed by atoms with Gasteiger partial charge in [0.05, 0.1) is 26.4 Å². The van der Waals surface area contributed by atoms with E-state index in [-0.39, 0.29) is 25.7 Å². The SMILES string of the molecule is CCCCCCCCCCCCCCCCC(=O)O[C@H](COC(=O)CCCCCCCCCCC(C)C)COP(=O)(O)OC[C@H](O)COP(=O)(O)OC[C@@H](COC(=O)CCCCCCCCCCCCCCCC(C)C)OC(=O)CCCCCCCCCCCCCCCC(C)C. The maximum Gasteiger partial charge on any atom is 0.472 e. The third-order valence-corrected chi connectivity index (χ3v) is 20.0. The van der Waals surface area contributed by atoms with Gasteiger partial charge in [-0.3, -0.25) is 37.3 Å². The Morgan fingerprint density at radius 3 is 0.701 bits per heavy atom. The lowest BCUT2D eigenvalue weighted by Gasteiger charge is -2.21. The Bertz CT molecular complexity index is 1890. The first-order chi connectivity index (χ1) is 46.7. The third kappa shape index (κ3) is 72.2.